The number of nitrogens with zero attached hydrogens (tertiary/aromatic N) is 4. The van der Waals surface area contributed by atoms with Crippen LogP contribution in [0.3, 0.4) is 0 Å². The van der Waals surface area contributed by atoms with Crippen LogP contribution in [0.4, 0.5) is 0 Å². The van der Waals surface area contributed by atoms with Gasteiger partial charge < -0.3 is 15.0 Å². The van der Waals surface area contributed by atoms with Crippen LogP contribution in [-0.4, -0.2) is 55.8 Å². The molecule has 0 amide bonds. The highest BCUT2D eigenvalue weighted by atomic mass is 32.1. The van der Waals surface area contributed by atoms with Crippen LogP contribution in [0.1, 0.15) is 46.1 Å². The fourth-order valence-electron chi connectivity index (χ4n) is 3.68. The number of H-pyrrole nitrogens is 1. The number of aromatic amines is 1. The molecule has 0 aliphatic carbocycles. The monoisotopic (exact) mass is 494 g/mol. The molecule has 0 radical (unpaired) electrons. The van der Waals surface area contributed by atoms with Crippen LogP contribution in [0.25, 0.3) is 22.5 Å². The Morgan fingerprint density at radius 3 is 2.46 bits per heavy atom. The average Bonchev–Trinajstić information content (AvgIpc) is 3.39. The van der Waals surface area contributed by atoms with Crippen LogP contribution in [0.15, 0.2) is 48.5 Å². The van der Waals surface area contributed by atoms with Gasteiger partial charge in [-0.15, -0.1) is 10.2 Å². The third kappa shape index (κ3) is 7.58. The van der Waals surface area contributed by atoms with Crippen molar-refractivity contribution in [2.24, 2.45) is 5.92 Å². The van der Waals surface area contributed by atoms with Gasteiger partial charge >= 0.3 is 5.97 Å². The molecule has 0 spiro atoms. The maximum atomic E-state index is 11.3. The number of tetrazole rings is 1. The van der Waals surface area contributed by atoms with Crippen LogP contribution >= 0.6 is 12.2 Å². The lowest BCUT2D eigenvalue weighted by molar-refractivity contribution is -0.141. The molecule has 3 aromatic rings. The quantitative estimate of drug-likeness (QED) is 0.295. The number of carbonyl (C=O) groups excluding carboxylic acids is 1. The summed E-state index contributed by atoms with van der Waals surface area (Å²) in [7, 11) is 0. The molecule has 2 N–H and O–H groups in total. The Bertz CT molecular complexity index is 1090. The van der Waals surface area contributed by atoms with E-state index in [0.717, 1.165) is 41.6 Å². The molecule has 0 saturated carbocycles. The lowest BCUT2D eigenvalue weighted by atomic mass is 9.98. The van der Waals surface area contributed by atoms with Crippen molar-refractivity contribution in [3.05, 3.63) is 54.1 Å². The summed E-state index contributed by atoms with van der Waals surface area (Å²) in [4.78, 5) is 13.5. The summed E-state index contributed by atoms with van der Waals surface area (Å²) in [5.74, 6) is 0.548. The van der Waals surface area contributed by atoms with E-state index in [2.05, 4.69) is 81.9 Å². The molecule has 0 aliphatic heterocycles. The van der Waals surface area contributed by atoms with Crippen LogP contribution in [0.2, 0.25) is 0 Å². The molecule has 1 atom stereocenters. The number of thiocarbonyl (C=S) groups is 1. The largest absolute Gasteiger partial charge is 0.464 e. The molecule has 0 bridgehead atoms. The zero-order valence-electron chi connectivity index (χ0n) is 20.8. The molecule has 1 aromatic heterocycles. The standard InChI is InChI=1S/C26H34N6O2S/c1-5-6-15-32(26(35)27-24(18(2)3)17-34-19(4)33)16-20-11-13-21(14-12-20)22-9-7-8-10-23(22)25-28-30-31-29-25/h7-14,18,24H,5-6,15-17H2,1-4H3,(H,27,35)(H,28,29,30,31). The van der Waals surface area contributed by atoms with Gasteiger partial charge in [-0.05, 0) is 46.5 Å². The molecule has 186 valence electrons. The Kier molecular flexibility index (Phi) is 9.72. The minimum atomic E-state index is -0.285. The highest BCUT2D eigenvalue weighted by molar-refractivity contribution is 7.80. The summed E-state index contributed by atoms with van der Waals surface area (Å²) < 4.78 is 5.24. The van der Waals surface area contributed by atoms with E-state index in [9.17, 15) is 4.79 Å². The Hall–Kier alpha value is -3.33. The van der Waals surface area contributed by atoms with Crippen molar-refractivity contribution < 1.29 is 9.53 Å². The Morgan fingerprint density at radius 1 is 1.14 bits per heavy atom. The Balaban J connectivity index is 1.74. The zero-order valence-corrected chi connectivity index (χ0v) is 21.6. The molecular weight excluding hydrogens is 460 g/mol. The van der Waals surface area contributed by atoms with Crippen molar-refractivity contribution in [3.63, 3.8) is 0 Å². The minimum Gasteiger partial charge on any atom is -0.464 e. The second-order valence-electron chi connectivity index (χ2n) is 8.86. The molecule has 35 heavy (non-hydrogen) atoms. The molecule has 9 heteroatoms. The highest BCUT2D eigenvalue weighted by Gasteiger charge is 2.19. The third-order valence-corrected chi connectivity index (χ3v) is 6.18. The molecule has 3 rings (SSSR count). The molecule has 0 saturated heterocycles. The van der Waals surface area contributed by atoms with Crippen molar-refractivity contribution in [3.8, 4) is 22.5 Å². The van der Waals surface area contributed by atoms with Crippen LogP contribution in [0, 0.1) is 5.92 Å². The van der Waals surface area contributed by atoms with E-state index < -0.39 is 0 Å². The molecular formula is C26H34N6O2S. The highest BCUT2D eigenvalue weighted by Crippen LogP contribution is 2.29. The zero-order chi connectivity index (χ0) is 25.2. The van der Waals surface area contributed by atoms with Crippen molar-refractivity contribution in [2.45, 2.75) is 53.1 Å². The van der Waals surface area contributed by atoms with Gasteiger partial charge in [-0.1, -0.05) is 75.7 Å². The molecule has 1 heterocycles. The fourth-order valence-corrected chi connectivity index (χ4v) is 3.98. The topological polar surface area (TPSA) is 96.0 Å². The minimum absolute atomic E-state index is 0.0421. The predicted molar refractivity (Wildman–Crippen MR) is 141 cm³/mol. The smallest absolute Gasteiger partial charge is 0.302 e. The first kappa shape index (κ1) is 26.3. The van der Waals surface area contributed by atoms with E-state index in [4.69, 9.17) is 17.0 Å². The lowest BCUT2D eigenvalue weighted by Crippen LogP contribution is -2.48. The van der Waals surface area contributed by atoms with Crippen molar-refractivity contribution in [1.82, 2.24) is 30.8 Å². The molecule has 0 aliphatic rings. The van der Waals surface area contributed by atoms with Gasteiger partial charge in [0.15, 0.2) is 5.11 Å². The number of benzene rings is 2. The van der Waals surface area contributed by atoms with Crippen molar-refractivity contribution in [2.75, 3.05) is 13.2 Å². The van der Waals surface area contributed by atoms with Gasteiger partial charge in [0.05, 0.1) is 6.04 Å². The van der Waals surface area contributed by atoms with Gasteiger partial charge in [0.2, 0.25) is 5.82 Å². The third-order valence-electron chi connectivity index (χ3n) is 5.80. The normalized spacial score (nSPS) is 11.8. The van der Waals surface area contributed by atoms with Crippen LogP contribution in [-0.2, 0) is 16.1 Å². The van der Waals surface area contributed by atoms with Gasteiger partial charge in [0, 0.05) is 25.6 Å². The lowest BCUT2D eigenvalue weighted by Gasteiger charge is -2.30. The number of aromatic nitrogens is 4. The van der Waals surface area contributed by atoms with E-state index in [1.54, 1.807) is 0 Å². The van der Waals surface area contributed by atoms with Gasteiger partial charge in [-0.25, -0.2) is 0 Å². The molecule has 2 aromatic carbocycles. The van der Waals surface area contributed by atoms with Crippen molar-refractivity contribution >= 4 is 23.3 Å². The summed E-state index contributed by atoms with van der Waals surface area (Å²) in [5.41, 5.74) is 4.21. The van der Waals surface area contributed by atoms with E-state index >= 15 is 0 Å². The average molecular weight is 495 g/mol. The Morgan fingerprint density at radius 2 is 1.86 bits per heavy atom. The number of nitrogens with one attached hydrogen (secondary N) is 2. The van der Waals surface area contributed by atoms with Crippen LogP contribution < -0.4 is 5.32 Å². The number of hydrogen-bond acceptors (Lipinski definition) is 6. The maximum absolute atomic E-state index is 11.3. The molecule has 8 nitrogen and oxygen atoms in total. The van der Waals surface area contributed by atoms with Gasteiger partial charge in [0.25, 0.3) is 0 Å². The van der Waals surface area contributed by atoms with E-state index in [0.29, 0.717) is 24.1 Å². The summed E-state index contributed by atoms with van der Waals surface area (Å²) >= 11 is 5.78. The first-order valence-corrected chi connectivity index (χ1v) is 12.4. The van der Waals surface area contributed by atoms with Crippen molar-refractivity contribution in [1.29, 1.82) is 0 Å². The first-order chi connectivity index (χ1) is 16.9. The van der Waals surface area contributed by atoms with Crippen LogP contribution in [0.5, 0.6) is 0 Å². The summed E-state index contributed by atoms with van der Waals surface area (Å²) in [6, 6.07) is 16.5. The number of rotatable bonds is 11. The van der Waals surface area contributed by atoms with E-state index in [1.807, 2.05) is 18.2 Å². The van der Waals surface area contributed by atoms with Gasteiger partial charge in [-0.3, -0.25) is 4.79 Å². The summed E-state index contributed by atoms with van der Waals surface area (Å²) in [6.07, 6.45) is 2.11. The predicted octanol–water partition coefficient (Wildman–Crippen LogP) is 4.60. The number of esters is 1. The van der Waals surface area contributed by atoms with E-state index in [1.165, 1.54) is 6.92 Å². The number of unbranched alkanes of at least 4 members (excludes halogenated alkanes) is 1. The maximum Gasteiger partial charge on any atom is 0.302 e. The van der Waals surface area contributed by atoms with Gasteiger partial charge in [0.1, 0.15) is 6.61 Å². The second kappa shape index (κ2) is 12.9. The van der Waals surface area contributed by atoms with Gasteiger partial charge in [-0.2, -0.15) is 5.21 Å². The Labute approximate surface area is 212 Å². The number of ether oxygens (including phenoxy) is 1. The number of hydrogen-bond donors (Lipinski definition) is 2. The SMILES string of the molecule is CCCCN(Cc1ccc(-c2ccccc2-c2nn[nH]n2)cc1)C(=S)NC(COC(C)=O)C(C)C. The fraction of sp³-hybridized carbons (Fsp3) is 0.423. The second-order valence-corrected chi connectivity index (χ2v) is 9.24. The molecule has 1 unspecified atom stereocenters. The van der Waals surface area contributed by atoms with E-state index in [-0.39, 0.29) is 17.9 Å². The molecule has 0 fully saturated rings. The summed E-state index contributed by atoms with van der Waals surface area (Å²) in [5, 5.41) is 18.6. The first-order valence-electron chi connectivity index (χ1n) is 12.0. The number of carbonyl (C=O) groups is 1. The summed E-state index contributed by atoms with van der Waals surface area (Å²) in [6.45, 7) is 9.61.